The highest BCUT2D eigenvalue weighted by Crippen LogP contribution is 2.29. The van der Waals surface area contributed by atoms with E-state index in [1.54, 1.807) is 22.7 Å². The van der Waals surface area contributed by atoms with E-state index in [9.17, 15) is 18.3 Å². The number of carboxylic acid groups (broad SMARTS) is 1. The van der Waals surface area contributed by atoms with Gasteiger partial charge in [0.05, 0.1) is 23.2 Å². The number of carboxylic acids is 1. The standard InChI is InChI=1S/C13H14N2O4S/c16-13(17)11-3-1-2-10-8-14-12(15(10)11)9-4-6-20(18,19)7-5-9/h1-3,8-9H,4-7H2,(H,16,17). The lowest BCUT2D eigenvalue weighted by atomic mass is 10.0. The molecular weight excluding hydrogens is 280 g/mol. The number of rotatable bonds is 2. The molecule has 1 N–H and O–H groups in total. The predicted molar refractivity (Wildman–Crippen MR) is 72.8 cm³/mol. The molecule has 0 saturated carbocycles. The minimum Gasteiger partial charge on any atom is -0.477 e. The number of pyridine rings is 1. The lowest BCUT2D eigenvalue weighted by Gasteiger charge is -2.21. The van der Waals surface area contributed by atoms with Gasteiger partial charge in [0.25, 0.3) is 0 Å². The summed E-state index contributed by atoms with van der Waals surface area (Å²) in [5.41, 5.74) is 0.872. The van der Waals surface area contributed by atoms with Crippen molar-refractivity contribution in [1.82, 2.24) is 9.38 Å². The fourth-order valence-electron chi connectivity index (χ4n) is 2.68. The fraction of sp³-hybridized carbons (Fsp3) is 0.385. The molecule has 0 atom stereocenters. The highest BCUT2D eigenvalue weighted by atomic mass is 32.2. The van der Waals surface area contributed by atoms with Crippen molar-refractivity contribution in [3.8, 4) is 0 Å². The zero-order chi connectivity index (χ0) is 14.3. The third-order valence-electron chi connectivity index (χ3n) is 3.72. The number of sulfone groups is 1. The van der Waals surface area contributed by atoms with E-state index in [-0.39, 0.29) is 23.1 Å². The highest BCUT2D eigenvalue weighted by Gasteiger charge is 2.28. The van der Waals surface area contributed by atoms with Gasteiger partial charge in [0.15, 0.2) is 0 Å². The molecule has 0 unspecified atom stereocenters. The summed E-state index contributed by atoms with van der Waals surface area (Å²) >= 11 is 0. The smallest absolute Gasteiger partial charge is 0.352 e. The van der Waals surface area contributed by atoms with Gasteiger partial charge in [0, 0.05) is 5.92 Å². The second-order valence-electron chi connectivity index (χ2n) is 5.02. The van der Waals surface area contributed by atoms with E-state index in [1.165, 1.54) is 6.07 Å². The molecule has 1 saturated heterocycles. The van der Waals surface area contributed by atoms with Crippen molar-refractivity contribution in [1.29, 1.82) is 0 Å². The average molecular weight is 294 g/mol. The molecule has 0 radical (unpaired) electrons. The summed E-state index contributed by atoms with van der Waals surface area (Å²) < 4.78 is 24.6. The van der Waals surface area contributed by atoms with Crippen molar-refractivity contribution in [3.05, 3.63) is 35.9 Å². The van der Waals surface area contributed by atoms with Crippen LogP contribution in [-0.2, 0) is 9.84 Å². The topological polar surface area (TPSA) is 88.7 Å². The Morgan fingerprint density at radius 1 is 1.30 bits per heavy atom. The minimum atomic E-state index is -2.94. The Hall–Kier alpha value is -1.89. The van der Waals surface area contributed by atoms with Crippen LogP contribution in [-0.4, -0.2) is 40.4 Å². The second-order valence-corrected chi connectivity index (χ2v) is 7.32. The Morgan fingerprint density at radius 2 is 2.00 bits per heavy atom. The molecule has 0 aliphatic carbocycles. The van der Waals surface area contributed by atoms with E-state index in [2.05, 4.69) is 4.98 Å². The van der Waals surface area contributed by atoms with Crippen LogP contribution in [0.2, 0.25) is 0 Å². The largest absolute Gasteiger partial charge is 0.477 e. The van der Waals surface area contributed by atoms with Gasteiger partial charge in [-0.25, -0.2) is 18.2 Å². The van der Waals surface area contributed by atoms with E-state index in [4.69, 9.17) is 0 Å². The number of aromatic nitrogens is 2. The first-order valence-corrected chi connectivity index (χ1v) is 8.20. The number of nitrogens with zero attached hydrogens (tertiary/aromatic N) is 2. The Balaban J connectivity index is 2.07. The van der Waals surface area contributed by atoms with E-state index in [0.29, 0.717) is 24.2 Å². The van der Waals surface area contributed by atoms with Crippen LogP contribution >= 0.6 is 0 Å². The first-order chi connectivity index (χ1) is 9.48. The second kappa shape index (κ2) is 4.59. The SMILES string of the molecule is O=C(O)c1cccc2cnc(C3CCS(=O)(=O)CC3)n12. The zero-order valence-corrected chi connectivity index (χ0v) is 11.5. The molecule has 1 fully saturated rings. The first-order valence-electron chi connectivity index (χ1n) is 6.38. The van der Waals surface area contributed by atoms with Crippen LogP contribution in [0.3, 0.4) is 0 Å². The van der Waals surface area contributed by atoms with Crippen LogP contribution in [0, 0.1) is 0 Å². The van der Waals surface area contributed by atoms with Gasteiger partial charge in [-0.15, -0.1) is 0 Å². The summed E-state index contributed by atoms with van der Waals surface area (Å²) in [5, 5.41) is 9.26. The summed E-state index contributed by atoms with van der Waals surface area (Å²) in [4.78, 5) is 15.6. The molecule has 0 bridgehead atoms. The molecule has 3 heterocycles. The van der Waals surface area contributed by atoms with Gasteiger partial charge in [-0.1, -0.05) is 6.07 Å². The monoisotopic (exact) mass is 294 g/mol. The molecule has 106 valence electrons. The summed E-state index contributed by atoms with van der Waals surface area (Å²) in [5.74, 6) is -0.100. The van der Waals surface area contributed by atoms with Gasteiger partial charge in [-0.3, -0.25) is 4.40 Å². The molecular formula is C13H14N2O4S. The van der Waals surface area contributed by atoms with E-state index in [1.807, 2.05) is 0 Å². The molecule has 6 nitrogen and oxygen atoms in total. The number of hydrogen-bond acceptors (Lipinski definition) is 4. The normalized spacial score (nSPS) is 19.2. The van der Waals surface area contributed by atoms with Crippen LogP contribution in [0.5, 0.6) is 0 Å². The lowest BCUT2D eigenvalue weighted by molar-refractivity contribution is 0.0688. The molecule has 7 heteroatoms. The minimum absolute atomic E-state index is 0.0125. The van der Waals surface area contributed by atoms with Crippen molar-refractivity contribution < 1.29 is 18.3 Å². The number of imidazole rings is 1. The van der Waals surface area contributed by atoms with Gasteiger partial charge in [-0.2, -0.15) is 0 Å². The molecule has 0 amide bonds. The summed E-state index contributed by atoms with van der Waals surface area (Å²) in [7, 11) is -2.94. The molecule has 3 rings (SSSR count). The van der Waals surface area contributed by atoms with Gasteiger partial charge in [0.2, 0.25) is 0 Å². The summed E-state index contributed by atoms with van der Waals surface area (Å²) in [6, 6.07) is 5.00. The first kappa shape index (κ1) is 13.1. The van der Waals surface area contributed by atoms with Crippen molar-refractivity contribution >= 4 is 21.3 Å². The summed E-state index contributed by atoms with van der Waals surface area (Å²) in [6.45, 7) is 0. The van der Waals surface area contributed by atoms with Crippen LogP contribution in [0.25, 0.3) is 5.52 Å². The molecule has 1 aliphatic rings. The maximum atomic E-state index is 11.5. The molecule has 0 spiro atoms. The average Bonchev–Trinajstić information content (AvgIpc) is 2.82. The molecule has 20 heavy (non-hydrogen) atoms. The number of hydrogen-bond donors (Lipinski definition) is 1. The van der Waals surface area contributed by atoms with Crippen molar-refractivity contribution in [2.45, 2.75) is 18.8 Å². The molecule has 0 aromatic carbocycles. The maximum Gasteiger partial charge on any atom is 0.352 e. The Bertz CT molecular complexity index is 765. The van der Waals surface area contributed by atoms with Crippen LogP contribution in [0.4, 0.5) is 0 Å². The predicted octanol–water partition coefficient (Wildman–Crippen LogP) is 1.32. The van der Waals surface area contributed by atoms with Crippen molar-refractivity contribution in [3.63, 3.8) is 0 Å². The molecule has 2 aromatic rings. The lowest BCUT2D eigenvalue weighted by Crippen LogP contribution is -2.24. The maximum absolute atomic E-state index is 11.5. The van der Waals surface area contributed by atoms with E-state index < -0.39 is 15.8 Å². The van der Waals surface area contributed by atoms with Crippen LogP contribution < -0.4 is 0 Å². The van der Waals surface area contributed by atoms with E-state index >= 15 is 0 Å². The van der Waals surface area contributed by atoms with Gasteiger partial charge in [0.1, 0.15) is 21.4 Å². The quantitative estimate of drug-likeness (QED) is 0.902. The molecule has 2 aromatic heterocycles. The van der Waals surface area contributed by atoms with E-state index in [0.717, 1.165) is 0 Å². The number of fused-ring (bicyclic) bond motifs is 1. The van der Waals surface area contributed by atoms with Gasteiger partial charge >= 0.3 is 5.97 Å². The van der Waals surface area contributed by atoms with Gasteiger partial charge in [-0.05, 0) is 25.0 Å². The van der Waals surface area contributed by atoms with Crippen LogP contribution in [0.1, 0.15) is 35.1 Å². The Labute approximate surface area is 116 Å². The van der Waals surface area contributed by atoms with Crippen LogP contribution in [0.15, 0.2) is 24.4 Å². The van der Waals surface area contributed by atoms with Gasteiger partial charge < -0.3 is 5.11 Å². The Morgan fingerprint density at radius 3 is 2.65 bits per heavy atom. The van der Waals surface area contributed by atoms with Crippen molar-refractivity contribution in [2.75, 3.05) is 11.5 Å². The third kappa shape index (κ3) is 2.18. The Kier molecular flexibility index (Phi) is 3.01. The number of carbonyl (C=O) groups is 1. The fourth-order valence-corrected chi connectivity index (χ4v) is 4.17. The van der Waals surface area contributed by atoms with Crippen molar-refractivity contribution in [2.24, 2.45) is 0 Å². The highest BCUT2D eigenvalue weighted by molar-refractivity contribution is 7.91. The molecule has 1 aliphatic heterocycles. The summed E-state index contributed by atoms with van der Waals surface area (Å²) in [6.07, 6.45) is 2.62. The third-order valence-corrected chi connectivity index (χ3v) is 5.43. The zero-order valence-electron chi connectivity index (χ0n) is 10.7. The number of aromatic carboxylic acids is 1.